The summed E-state index contributed by atoms with van der Waals surface area (Å²) in [6.45, 7) is 7.32. The van der Waals surface area contributed by atoms with Crippen molar-refractivity contribution < 1.29 is 14.3 Å². The van der Waals surface area contributed by atoms with E-state index in [1.807, 2.05) is 45.0 Å². The lowest BCUT2D eigenvalue weighted by Gasteiger charge is -2.17. The van der Waals surface area contributed by atoms with Gasteiger partial charge in [0.05, 0.1) is 16.8 Å². The Morgan fingerprint density at radius 2 is 1.74 bits per heavy atom. The van der Waals surface area contributed by atoms with E-state index in [9.17, 15) is 9.59 Å². The van der Waals surface area contributed by atoms with Crippen LogP contribution in [0.4, 0.5) is 0 Å². The van der Waals surface area contributed by atoms with Crippen LogP contribution in [0, 0.1) is 12.3 Å². The molecular weight excluding hydrogens is 386 g/mol. The number of aromatic nitrogens is 1. The zero-order valence-electron chi connectivity index (χ0n) is 18.5. The van der Waals surface area contributed by atoms with Gasteiger partial charge in [0.2, 0.25) is 0 Å². The van der Waals surface area contributed by atoms with Crippen molar-refractivity contribution in [2.24, 2.45) is 5.41 Å². The molecule has 0 atom stereocenters. The number of Topliss-reactive ketones (excluding diaryl/α,β-unsaturated/α-hetero) is 1. The van der Waals surface area contributed by atoms with Crippen molar-refractivity contribution in [3.63, 3.8) is 0 Å². The Kier molecular flexibility index (Phi) is 5.48. The highest BCUT2D eigenvalue weighted by molar-refractivity contribution is 6.07. The van der Waals surface area contributed by atoms with Crippen LogP contribution in [-0.4, -0.2) is 23.3 Å². The monoisotopic (exact) mass is 413 g/mol. The SMILES string of the molecule is Cc1ccc(/C=C2/CCc3c2nc2ccccc2c3C(=O)OCC(=O)C(C)(C)C)cc1. The van der Waals surface area contributed by atoms with Crippen LogP contribution < -0.4 is 0 Å². The summed E-state index contributed by atoms with van der Waals surface area (Å²) in [7, 11) is 0. The van der Waals surface area contributed by atoms with Gasteiger partial charge in [0.1, 0.15) is 0 Å². The van der Waals surface area contributed by atoms with E-state index in [0.717, 1.165) is 46.1 Å². The van der Waals surface area contributed by atoms with Gasteiger partial charge in [-0.15, -0.1) is 0 Å². The van der Waals surface area contributed by atoms with Crippen molar-refractivity contribution in [1.29, 1.82) is 0 Å². The van der Waals surface area contributed by atoms with Gasteiger partial charge in [0, 0.05) is 10.8 Å². The topological polar surface area (TPSA) is 56.3 Å². The Hall–Kier alpha value is -3.27. The van der Waals surface area contributed by atoms with Crippen molar-refractivity contribution in [2.45, 2.75) is 40.5 Å². The summed E-state index contributed by atoms with van der Waals surface area (Å²) in [5.74, 6) is -0.556. The fourth-order valence-electron chi connectivity index (χ4n) is 3.80. The number of carbonyl (C=O) groups is 2. The quantitative estimate of drug-likeness (QED) is 0.507. The average molecular weight is 414 g/mol. The number of aryl methyl sites for hydroxylation is 1. The van der Waals surface area contributed by atoms with Crippen LogP contribution in [0.1, 0.15) is 59.9 Å². The molecule has 0 spiro atoms. The van der Waals surface area contributed by atoms with E-state index in [-0.39, 0.29) is 12.4 Å². The zero-order valence-corrected chi connectivity index (χ0v) is 18.5. The Labute approximate surface area is 183 Å². The third-order valence-electron chi connectivity index (χ3n) is 5.74. The van der Waals surface area contributed by atoms with Crippen LogP contribution in [0.15, 0.2) is 48.5 Å². The number of nitrogens with zero attached hydrogens (tertiary/aromatic N) is 1. The molecule has 0 amide bonds. The van der Waals surface area contributed by atoms with Gasteiger partial charge in [-0.3, -0.25) is 4.79 Å². The number of allylic oxidation sites excluding steroid dienone is 1. The number of carbonyl (C=O) groups excluding carboxylic acids is 2. The minimum atomic E-state index is -0.549. The second kappa shape index (κ2) is 8.10. The number of ketones is 1. The Morgan fingerprint density at radius 1 is 1.03 bits per heavy atom. The highest BCUT2D eigenvalue weighted by Gasteiger charge is 2.29. The van der Waals surface area contributed by atoms with Crippen molar-refractivity contribution in [3.05, 3.63) is 76.5 Å². The number of pyridine rings is 1. The van der Waals surface area contributed by atoms with Crippen LogP contribution in [0.3, 0.4) is 0 Å². The molecule has 0 unspecified atom stereocenters. The molecule has 0 radical (unpaired) electrons. The number of esters is 1. The first-order valence-electron chi connectivity index (χ1n) is 10.6. The molecule has 1 heterocycles. The van der Waals surface area contributed by atoms with Crippen LogP contribution in [0.25, 0.3) is 22.6 Å². The van der Waals surface area contributed by atoms with E-state index in [1.54, 1.807) is 0 Å². The fourth-order valence-corrected chi connectivity index (χ4v) is 3.80. The molecule has 0 aliphatic heterocycles. The smallest absolute Gasteiger partial charge is 0.339 e. The minimum Gasteiger partial charge on any atom is -0.454 e. The van der Waals surface area contributed by atoms with E-state index in [2.05, 4.69) is 37.3 Å². The maximum Gasteiger partial charge on any atom is 0.339 e. The van der Waals surface area contributed by atoms with Gasteiger partial charge in [0.25, 0.3) is 0 Å². The van der Waals surface area contributed by atoms with Crippen LogP contribution in [0.5, 0.6) is 0 Å². The van der Waals surface area contributed by atoms with Crippen LogP contribution in [0.2, 0.25) is 0 Å². The standard InChI is InChI=1S/C27H27NO3/c1-17-9-11-18(12-10-17)15-19-13-14-21-24(26(30)31-16-23(29)27(2,3)4)20-7-5-6-8-22(20)28-25(19)21/h5-12,15H,13-14,16H2,1-4H3/b19-15-. The van der Waals surface area contributed by atoms with Crippen molar-refractivity contribution >= 4 is 34.3 Å². The summed E-state index contributed by atoms with van der Waals surface area (Å²) in [6.07, 6.45) is 3.68. The van der Waals surface area contributed by atoms with Crippen molar-refractivity contribution in [3.8, 4) is 0 Å². The third kappa shape index (κ3) is 4.29. The predicted molar refractivity (Wildman–Crippen MR) is 124 cm³/mol. The van der Waals surface area contributed by atoms with E-state index in [0.29, 0.717) is 5.56 Å². The molecule has 3 aromatic rings. The summed E-state index contributed by atoms with van der Waals surface area (Å²) < 4.78 is 5.48. The normalized spacial score (nSPS) is 14.6. The van der Waals surface area contributed by atoms with Gasteiger partial charge in [-0.1, -0.05) is 68.8 Å². The molecule has 1 aliphatic carbocycles. The van der Waals surface area contributed by atoms with Crippen molar-refractivity contribution in [2.75, 3.05) is 6.61 Å². The maximum absolute atomic E-state index is 13.1. The summed E-state index contributed by atoms with van der Waals surface area (Å²) >= 11 is 0. The highest BCUT2D eigenvalue weighted by atomic mass is 16.5. The molecule has 4 heteroatoms. The van der Waals surface area contributed by atoms with E-state index in [1.165, 1.54) is 5.56 Å². The van der Waals surface area contributed by atoms with Gasteiger partial charge < -0.3 is 4.74 Å². The Bertz CT molecular complexity index is 1200. The lowest BCUT2D eigenvalue weighted by atomic mass is 9.91. The predicted octanol–water partition coefficient (Wildman–Crippen LogP) is 5.80. The number of para-hydroxylation sites is 1. The van der Waals surface area contributed by atoms with Crippen molar-refractivity contribution in [1.82, 2.24) is 4.98 Å². The number of benzene rings is 2. The molecule has 31 heavy (non-hydrogen) atoms. The summed E-state index contributed by atoms with van der Waals surface area (Å²) in [5, 5.41) is 0.769. The van der Waals surface area contributed by atoms with Gasteiger partial charge >= 0.3 is 5.97 Å². The lowest BCUT2D eigenvalue weighted by Crippen LogP contribution is -2.26. The Morgan fingerprint density at radius 3 is 2.45 bits per heavy atom. The van der Waals surface area contributed by atoms with Crippen LogP contribution >= 0.6 is 0 Å². The molecule has 0 bridgehead atoms. The first-order chi connectivity index (χ1) is 14.7. The van der Waals surface area contributed by atoms with E-state index >= 15 is 0 Å². The summed E-state index contributed by atoms with van der Waals surface area (Å²) in [5.41, 5.74) is 5.95. The molecule has 0 N–H and O–H groups in total. The first-order valence-corrected chi connectivity index (χ1v) is 10.6. The molecule has 4 rings (SSSR count). The molecule has 4 nitrogen and oxygen atoms in total. The van der Waals surface area contributed by atoms with E-state index < -0.39 is 11.4 Å². The molecular formula is C27H27NO3. The zero-order chi connectivity index (χ0) is 22.2. The minimum absolute atomic E-state index is 0.101. The Balaban J connectivity index is 1.75. The van der Waals surface area contributed by atoms with Gasteiger partial charge in [-0.05, 0) is 48.6 Å². The first kappa shape index (κ1) is 21.0. The van der Waals surface area contributed by atoms with Gasteiger partial charge in [0.15, 0.2) is 12.4 Å². The summed E-state index contributed by atoms with van der Waals surface area (Å²) in [4.78, 5) is 30.3. The number of fused-ring (bicyclic) bond motifs is 2. The highest BCUT2D eigenvalue weighted by Crippen LogP contribution is 2.37. The largest absolute Gasteiger partial charge is 0.454 e. The molecule has 158 valence electrons. The number of ether oxygens (including phenoxy) is 1. The molecule has 0 saturated heterocycles. The molecule has 0 fully saturated rings. The number of rotatable bonds is 4. The molecule has 1 aromatic heterocycles. The van der Waals surface area contributed by atoms with Gasteiger partial charge in [-0.2, -0.15) is 0 Å². The van der Waals surface area contributed by atoms with Crippen LogP contribution in [-0.2, 0) is 16.0 Å². The van der Waals surface area contributed by atoms with Gasteiger partial charge in [-0.25, -0.2) is 9.78 Å². The molecule has 2 aromatic carbocycles. The summed E-state index contributed by atoms with van der Waals surface area (Å²) in [6, 6.07) is 16.0. The lowest BCUT2D eigenvalue weighted by molar-refractivity contribution is -0.129. The van der Waals surface area contributed by atoms with E-state index in [4.69, 9.17) is 9.72 Å². The molecule has 0 saturated carbocycles. The third-order valence-corrected chi connectivity index (χ3v) is 5.74. The average Bonchev–Trinajstić information content (AvgIpc) is 3.13. The maximum atomic E-state index is 13.1. The second-order valence-corrected chi connectivity index (χ2v) is 9.16. The number of hydrogen-bond donors (Lipinski definition) is 0. The molecule has 1 aliphatic rings. The second-order valence-electron chi connectivity index (χ2n) is 9.16. The number of hydrogen-bond acceptors (Lipinski definition) is 4. The fraction of sp³-hybridized carbons (Fsp3) is 0.296.